The van der Waals surface area contributed by atoms with Gasteiger partial charge in [-0.1, -0.05) is 53.7 Å². The monoisotopic (exact) mass is 489 g/mol. The molecular formula is C29H39N5O2. The number of nitriles is 2. The Hall–Kier alpha value is -3.71. The first-order valence-corrected chi connectivity index (χ1v) is 12.5. The minimum atomic E-state index is -0.392. The molecule has 192 valence electrons. The standard InChI is InChI=1S/C29H39N5O2/c1-8-28(4,5)23-11-12-26(24(17-23)29(6,7)9-2)36-14-10-13-32-27(35)34-33-25-16-22(19-31)21(18-30)15-20(25)3/h11-12,15-17,33H,8-10,13-14H2,1-7H3,(H2,32,34,35). The Kier molecular flexibility index (Phi) is 9.76. The number of benzene rings is 2. The Morgan fingerprint density at radius 3 is 2.22 bits per heavy atom. The number of carbonyl (C=O) groups is 1. The number of amides is 2. The summed E-state index contributed by atoms with van der Waals surface area (Å²) in [6.07, 6.45) is 2.71. The number of hydrogen-bond acceptors (Lipinski definition) is 5. The van der Waals surface area contributed by atoms with Crippen LogP contribution in [0.25, 0.3) is 0 Å². The van der Waals surface area contributed by atoms with Crippen LogP contribution in [0.3, 0.4) is 0 Å². The van der Waals surface area contributed by atoms with Crippen LogP contribution >= 0.6 is 0 Å². The normalized spacial score (nSPS) is 11.2. The summed E-state index contributed by atoms with van der Waals surface area (Å²) in [5.74, 6) is 0.896. The first kappa shape index (κ1) is 28.5. The number of aryl methyl sites for hydroxylation is 1. The summed E-state index contributed by atoms with van der Waals surface area (Å²) in [6.45, 7) is 16.1. The van der Waals surface area contributed by atoms with E-state index in [9.17, 15) is 10.1 Å². The number of anilines is 1. The summed E-state index contributed by atoms with van der Waals surface area (Å²) in [7, 11) is 0. The van der Waals surface area contributed by atoms with Crippen molar-refractivity contribution in [3.8, 4) is 17.9 Å². The molecule has 3 N–H and O–H groups in total. The molecule has 0 saturated carbocycles. The van der Waals surface area contributed by atoms with Gasteiger partial charge in [-0.3, -0.25) is 10.9 Å². The summed E-state index contributed by atoms with van der Waals surface area (Å²) >= 11 is 0. The van der Waals surface area contributed by atoms with Gasteiger partial charge in [0.25, 0.3) is 0 Å². The van der Waals surface area contributed by atoms with E-state index in [1.165, 1.54) is 11.1 Å². The molecule has 0 aliphatic carbocycles. The van der Waals surface area contributed by atoms with Crippen molar-refractivity contribution in [1.82, 2.24) is 10.7 Å². The average molecular weight is 490 g/mol. The van der Waals surface area contributed by atoms with Crippen molar-refractivity contribution in [3.63, 3.8) is 0 Å². The summed E-state index contributed by atoms with van der Waals surface area (Å²) in [4.78, 5) is 12.2. The Morgan fingerprint density at radius 2 is 1.61 bits per heavy atom. The molecule has 0 radical (unpaired) electrons. The molecule has 0 fully saturated rings. The Bertz CT molecular complexity index is 1160. The van der Waals surface area contributed by atoms with Crippen LogP contribution in [0.5, 0.6) is 5.75 Å². The maximum atomic E-state index is 12.2. The first-order chi connectivity index (χ1) is 17.0. The van der Waals surface area contributed by atoms with E-state index < -0.39 is 6.03 Å². The van der Waals surface area contributed by atoms with Gasteiger partial charge in [-0.15, -0.1) is 0 Å². The third kappa shape index (κ3) is 7.15. The molecule has 2 amide bonds. The molecule has 36 heavy (non-hydrogen) atoms. The fourth-order valence-electron chi connectivity index (χ4n) is 3.65. The molecule has 0 heterocycles. The lowest BCUT2D eigenvalue weighted by atomic mass is 9.76. The molecule has 0 aliphatic heterocycles. The molecule has 0 atom stereocenters. The minimum absolute atomic E-state index is 0.00600. The summed E-state index contributed by atoms with van der Waals surface area (Å²) < 4.78 is 6.16. The van der Waals surface area contributed by atoms with Gasteiger partial charge >= 0.3 is 6.03 Å². The highest BCUT2D eigenvalue weighted by Crippen LogP contribution is 2.38. The Balaban J connectivity index is 1.90. The Morgan fingerprint density at radius 1 is 0.972 bits per heavy atom. The van der Waals surface area contributed by atoms with E-state index in [0.717, 1.165) is 24.2 Å². The van der Waals surface area contributed by atoms with Gasteiger partial charge in [0.1, 0.15) is 17.9 Å². The van der Waals surface area contributed by atoms with Crippen LogP contribution in [-0.2, 0) is 10.8 Å². The largest absolute Gasteiger partial charge is 0.493 e. The summed E-state index contributed by atoms with van der Waals surface area (Å²) in [5, 5.41) is 21.1. The highest BCUT2D eigenvalue weighted by molar-refractivity contribution is 5.76. The van der Waals surface area contributed by atoms with Gasteiger partial charge in [0.05, 0.1) is 23.4 Å². The van der Waals surface area contributed by atoms with Crippen molar-refractivity contribution < 1.29 is 9.53 Å². The zero-order valence-electron chi connectivity index (χ0n) is 22.6. The van der Waals surface area contributed by atoms with Gasteiger partial charge in [0.15, 0.2) is 0 Å². The van der Waals surface area contributed by atoms with Crippen molar-refractivity contribution in [2.45, 2.75) is 78.6 Å². The predicted octanol–water partition coefficient (Wildman–Crippen LogP) is 6.21. The molecule has 2 aromatic carbocycles. The van der Waals surface area contributed by atoms with Crippen molar-refractivity contribution in [3.05, 3.63) is 58.1 Å². The average Bonchev–Trinajstić information content (AvgIpc) is 2.87. The number of rotatable bonds is 11. The molecule has 0 saturated heterocycles. The van der Waals surface area contributed by atoms with E-state index in [4.69, 9.17) is 10.00 Å². The number of hydrogen-bond donors (Lipinski definition) is 3. The second kappa shape index (κ2) is 12.3. The summed E-state index contributed by atoms with van der Waals surface area (Å²) in [6, 6.07) is 13.3. The fraction of sp³-hybridized carbons (Fsp3) is 0.483. The quantitative estimate of drug-likeness (QED) is 0.257. The second-order valence-electron chi connectivity index (χ2n) is 10.3. The number of hydrazine groups is 1. The maximum Gasteiger partial charge on any atom is 0.333 e. The van der Waals surface area contributed by atoms with E-state index in [1.807, 2.05) is 12.1 Å². The van der Waals surface area contributed by atoms with Gasteiger partial charge in [-0.2, -0.15) is 10.5 Å². The zero-order chi connectivity index (χ0) is 26.9. The SMILES string of the molecule is CCC(C)(C)c1ccc(OCCCNC(=O)NNc2cc(C#N)c(C#N)cc2C)c(C(C)(C)CC)c1. The number of urea groups is 1. The molecule has 7 nitrogen and oxygen atoms in total. The topological polar surface area (TPSA) is 110 Å². The Labute approximate surface area is 215 Å². The van der Waals surface area contributed by atoms with Crippen LogP contribution in [0.2, 0.25) is 0 Å². The van der Waals surface area contributed by atoms with Gasteiger partial charge in [-0.25, -0.2) is 4.79 Å². The van der Waals surface area contributed by atoms with E-state index >= 15 is 0 Å². The molecule has 0 aliphatic rings. The minimum Gasteiger partial charge on any atom is -0.493 e. The van der Waals surface area contributed by atoms with Gasteiger partial charge in [0, 0.05) is 12.1 Å². The van der Waals surface area contributed by atoms with E-state index in [0.29, 0.717) is 30.8 Å². The van der Waals surface area contributed by atoms with Crippen LogP contribution in [-0.4, -0.2) is 19.2 Å². The van der Waals surface area contributed by atoms with E-state index in [1.54, 1.807) is 19.1 Å². The van der Waals surface area contributed by atoms with Gasteiger partial charge in [-0.05, 0) is 66.3 Å². The highest BCUT2D eigenvalue weighted by Gasteiger charge is 2.26. The summed E-state index contributed by atoms with van der Waals surface area (Å²) in [5.41, 5.74) is 9.87. The van der Waals surface area contributed by atoms with Crippen molar-refractivity contribution >= 4 is 11.7 Å². The lowest BCUT2D eigenvalue weighted by Crippen LogP contribution is -2.39. The number of ether oxygens (including phenoxy) is 1. The molecular weight excluding hydrogens is 450 g/mol. The number of carbonyl (C=O) groups excluding carboxylic acids is 1. The van der Waals surface area contributed by atoms with Crippen LogP contribution in [0, 0.1) is 29.6 Å². The lowest BCUT2D eigenvalue weighted by molar-refractivity contribution is 0.240. The fourth-order valence-corrected chi connectivity index (χ4v) is 3.65. The molecule has 0 bridgehead atoms. The predicted molar refractivity (Wildman–Crippen MR) is 144 cm³/mol. The zero-order valence-corrected chi connectivity index (χ0v) is 22.6. The third-order valence-corrected chi connectivity index (χ3v) is 7.04. The van der Waals surface area contributed by atoms with Gasteiger partial charge in [0.2, 0.25) is 0 Å². The maximum absolute atomic E-state index is 12.2. The smallest absolute Gasteiger partial charge is 0.333 e. The van der Waals surface area contributed by atoms with Crippen LogP contribution < -0.4 is 20.9 Å². The number of nitrogens with one attached hydrogen (secondary N) is 3. The van der Waals surface area contributed by atoms with Crippen molar-refractivity contribution in [2.75, 3.05) is 18.6 Å². The number of nitrogens with zero attached hydrogens (tertiary/aromatic N) is 2. The molecule has 0 spiro atoms. The van der Waals surface area contributed by atoms with Crippen LogP contribution in [0.4, 0.5) is 10.5 Å². The van der Waals surface area contributed by atoms with Crippen molar-refractivity contribution in [2.24, 2.45) is 0 Å². The molecule has 7 heteroatoms. The van der Waals surface area contributed by atoms with Crippen LogP contribution in [0.15, 0.2) is 30.3 Å². The van der Waals surface area contributed by atoms with Crippen LogP contribution in [0.1, 0.15) is 88.6 Å². The highest BCUT2D eigenvalue weighted by atomic mass is 16.5. The van der Waals surface area contributed by atoms with E-state index in [-0.39, 0.29) is 16.4 Å². The van der Waals surface area contributed by atoms with Crippen molar-refractivity contribution in [1.29, 1.82) is 10.5 Å². The first-order valence-electron chi connectivity index (χ1n) is 12.5. The molecule has 2 rings (SSSR count). The molecule has 2 aromatic rings. The van der Waals surface area contributed by atoms with E-state index in [2.05, 4.69) is 75.9 Å². The molecule has 0 unspecified atom stereocenters. The third-order valence-electron chi connectivity index (χ3n) is 7.04. The molecule has 0 aromatic heterocycles. The second-order valence-corrected chi connectivity index (χ2v) is 10.3. The van der Waals surface area contributed by atoms with Gasteiger partial charge < -0.3 is 10.1 Å². The lowest BCUT2D eigenvalue weighted by Gasteiger charge is -2.30.